The number of nitrogens with one attached hydrogen (secondary N) is 4. The van der Waals surface area contributed by atoms with Crippen molar-refractivity contribution in [2.45, 2.75) is 76.3 Å². The Morgan fingerprint density at radius 2 is 0.926 bits per heavy atom. The topological polar surface area (TPSA) is 181 Å². The Kier molecular flexibility index (Phi) is 16.4. The van der Waals surface area contributed by atoms with Crippen LogP contribution in [0.3, 0.4) is 0 Å². The van der Waals surface area contributed by atoms with E-state index >= 15 is 0 Å². The number of aromatic nitrogens is 4. The fraction of sp³-hybridized carbons (Fsp3) is 0.500. The summed E-state index contributed by atoms with van der Waals surface area (Å²) in [5, 5.41) is 14.0. The van der Waals surface area contributed by atoms with Gasteiger partial charge in [-0.15, -0.1) is 24.8 Å². The molecule has 2 saturated carbocycles. The van der Waals surface area contributed by atoms with Gasteiger partial charge in [0, 0.05) is 122 Å². The van der Waals surface area contributed by atoms with Crippen LogP contribution in [0.25, 0.3) is 0 Å². The van der Waals surface area contributed by atoms with Gasteiger partial charge in [-0.3, -0.25) is 19.2 Å². The van der Waals surface area contributed by atoms with Crippen molar-refractivity contribution in [3.63, 3.8) is 0 Å². The Morgan fingerprint density at radius 1 is 0.574 bits per heavy atom. The maximum Gasteiger partial charge on any atom is 0.231 e. The average molecular weight is 1010 g/mol. The van der Waals surface area contributed by atoms with Crippen LogP contribution in [0.1, 0.15) is 86.5 Å². The van der Waals surface area contributed by atoms with Crippen LogP contribution < -0.4 is 31.1 Å². The molecular formula is C48H60Cl4N12O4. The molecule has 364 valence electrons. The van der Waals surface area contributed by atoms with E-state index in [4.69, 9.17) is 23.2 Å². The minimum Gasteiger partial charge on any atom is -0.353 e. The van der Waals surface area contributed by atoms with Crippen LogP contribution in [-0.2, 0) is 19.2 Å². The summed E-state index contributed by atoms with van der Waals surface area (Å²) in [6.07, 6.45) is 4.76. The largest absolute Gasteiger partial charge is 0.353 e. The molecule has 4 fully saturated rings. The summed E-state index contributed by atoms with van der Waals surface area (Å²) >= 11 is 12.1. The predicted octanol–water partition coefficient (Wildman–Crippen LogP) is 6.08. The van der Waals surface area contributed by atoms with E-state index in [1.165, 1.54) is 12.7 Å². The molecule has 6 atom stereocenters. The Morgan fingerprint density at radius 3 is 1.26 bits per heavy atom. The van der Waals surface area contributed by atoms with Crippen LogP contribution in [0.4, 0.5) is 23.3 Å². The molecule has 4 amide bonds. The number of halogens is 4. The molecule has 4 aliphatic heterocycles. The van der Waals surface area contributed by atoms with E-state index in [1.54, 1.807) is 0 Å². The molecule has 0 spiro atoms. The zero-order valence-corrected chi connectivity index (χ0v) is 41.8. The number of carbonyl (C=O) groups excluding carboxylic acids is 4. The zero-order valence-electron chi connectivity index (χ0n) is 38.7. The van der Waals surface area contributed by atoms with Gasteiger partial charge in [0.15, 0.2) is 0 Å². The van der Waals surface area contributed by atoms with Crippen LogP contribution in [0.15, 0.2) is 61.2 Å². The lowest BCUT2D eigenvalue weighted by molar-refractivity contribution is -0.133. The summed E-state index contributed by atoms with van der Waals surface area (Å²) in [4.78, 5) is 77.2. The van der Waals surface area contributed by atoms with Crippen LogP contribution in [0.2, 0.25) is 10.0 Å². The number of benzene rings is 2. The third kappa shape index (κ3) is 11.1. The van der Waals surface area contributed by atoms with Crippen molar-refractivity contribution in [2.75, 3.05) is 85.9 Å². The van der Waals surface area contributed by atoms with Gasteiger partial charge in [0.1, 0.15) is 35.9 Å². The van der Waals surface area contributed by atoms with Crippen molar-refractivity contribution >= 4 is 94.9 Å². The molecule has 20 heteroatoms. The molecule has 4 aromatic rings. The van der Waals surface area contributed by atoms with E-state index in [1.807, 2.05) is 58.3 Å². The van der Waals surface area contributed by atoms with E-state index in [2.05, 4.69) is 78.7 Å². The number of amides is 4. The standard InChI is InChI=1S/2C24H29ClN6O2.2ClH/c2*1-14(2)26-12-19(15-3-5-16(25)6-4-15)24(33)31-9-7-30(8-10-31)22-20-17-11-18(17)23(32)29-21(20)27-13-28-22;;/h2*3-6,13-14,17-19,26H,7-12H2,1-2H3,(H,27,28,29,32);2*1H/t17-,18+,19+;17-,18+,19-;;/m01../s1. The number of hydrogen-bond acceptors (Lipinski definition) is 12. The second-order valence-electron chi connectivity index (χ2n) is 18.8. The fourth-order valence-corrected chi connectivity index (χ4v) is 9.95. The van der Waals surface area contributed by atoms with Crippen LogP contribution in [0.5, 0.6) is 0 Å². The van der Waals surface area contributed by atoms with E-state index in [9.17, 15) is 19.2 Å². The molecular weight excluding hydrogens is 950 g/mol. The maximum atomic E-state index is 13.5. The van der Waals surface area contributed by atoms with Gasteiger partial charge in [-0.25, -0.2) is 19.9 Å². The van der Waals surface area contributed by atoms with E-state index in [-0.39, 0.29) is 84.0 Å². The number of carbonyl (C=O) groups is 4. The molecule has 10 rings (SSSR count). The minimum absolute atomic E-state index is 0. The van der Waals surface area contributed by atoms with Gasteiger partial charge in [0.05, 0.1) is 11.8 Å². The summed E-state index contributed by atoms with van der Waals surface area (Å²) in [7, 11) is 0. The normalized spacial score (nSPS) is 21.8. The van der Waals surface area contributed by atoms with Gasteiger partial charge in [-0.05, 0) is 48.2 Å². The lowest BCUT2D eigenvalue weighted by atomic mass is 9.96. The van der Waals surface area contributed by atoms with Crippen molar-refractivity contribution in [2.24, 2.45) is 11.8 Å². The summed E-state index contributed by atoms with van der Waals surface area (Å²) in [5.41, 5.74) is 4.06. The molecule has 68 heavy (non-hydrogen) atoms. The lowest BCUT2D eigenvalue weighted by Gasteiger charge is -2.38. The fourth-order valence-electron chi connectivity index (χ4n) is 9.70. The first-order chi connectivity index (χ1) is 31.8. The van der Waals surface area contributed by atoms with Crippen LogP contribution in [-0.4, -0.2) is 131 Å². The van der Waals surface area contributed by atoms with E-state index in [0.717, 1.165) is 46.7 Å². The molecule has 2 saturated heterocycles. The smallest absolute Gasteiger partial charge is 0.231 e. The number of anilines is 4. The average Bonchev–Trinajstić information content (AvgIpc) is 4.26. The molecule has 16 nitrogen and oxygen atoms in total. The van der Waals surface area contributed by atoms with Crippen LogP contribution >= 0.6 is 48.0 Å². The molecule has 2 aromatic heterocycles. The molecule has 0 unspecified atom stereocenters. The molecule has 6 aliphatic rings. The number of nitrogens with zero attached hydrogens (tertiary/aromatic N) is 8. The lowest BCUT2D eigenvalue weighted by Crippen LogP contribution is -2.51. The van der Waals surface area contributed by atoms with Gasteiger partial charge in [-0.2, -0.15) is 0 Å². The summed E-state index contributed by atoms with van der Waals surface area (Å²) < 4.78 is 0. The first-order valence-electron chi connectivity index (χ1n) is 23.2. The quantitative estimate of drug-likeness (QED) is 0.129. The molecule has 0 radical (unpaired) electrons. The Balaban J connectivity index is 0.000000196. The summed E-state index contributed by atoms with van der Waals surface area (Å²) in [6, 6.07) is 15.7. The Bertz CT molecular complexity index is 2280. The predicted molar refractivity (Wildman–Crippen MR) is 270 cm³/mol. The molecule has 0 bridgehead atoms. The highest BCUT2D eigenvalue weighted by Crippen LogP contribution is 2.56. The van der Waals surface area contributed by atoms with Gasteiger partial charge in [0.25, 0.3) is 0 Å². The third-order valence-corrected chi connectivity index (χ3v) is 14.1. The Labute approximate surface area is 419 Å². The highest BCUT2D eigenvalue weighted by atomic mass is 35.5. The van der Waals surface area contributed by atoms with Crippen molar-refractivity contribution in [1.29, 1.82) is 0 Å². The first-order valence-corrected chi connectivity index (χ1v) is 24.0. The molecule has 6 heterocycles. The van der Waals surface area contributed by atoms with Gasteiger partial charge < -0.3 is 40.9 Å². The Hall–Kier alpha value is -4.84. The summed E-state index contributed by atoms with van der Waals surface area (Å²) in [5.74, 6) is 3.51. The monoisotopic (exact) mass is 1010 g/mol. The van der Waals surface area contributed by atoms with Gasteiger partial charge in [-0.1, -0.05) is 75.2 Å². The number of piperazine rings is 2. The summed E-state index contributed by atoms with van der Waals surface area (Å²) in [6.45, 7) is 14.8. The molecule has 2 aromatic carbocycles. The highest BCUT2D eigenvalue weighted by Gasteiger charge is 2.52. The van der Waals surface area contributed by atoms with Gasteiger partial charge in [0.2, 0.25) is 23.6 Å². The maximum absolute atomic E-state index is 13.5. The molecule has 2 aliphatic carbocycles. The van der Waals surface area contributed by atoms with Crippen molar-refractivity contribution in [3.8, 4) is 0 Å². The second kappa shape index (κ2) is 21.8. The minimum atomic E-state index is -0.259. The SMILES string of the molecule is CC(C)NC[C@@H](C(=O)N1CCN(c2ncnc3c2[C@@H]2C[C@@H]2C(=O)N3)CC1)c1ccc(Cl)cc1.CC(C)NC[C@@H](C(=O)N1CCN(c2ncnc3c2[C@H]2C[C@H]2C(=O)N3)CC1)c1ccc(Cl)cc1.Cl.Cl. The van der Waals surface area contributed by atoms with Gasteiger partial charge >= 0.3 is 0 Å². The number of rotatable bonds is 12. The van der Waals surface area contributed by atoms with E-state index < -0.39 is 0 Å². The second-order valence-corrected chi connectivity index (χ2v) is 19.6. The first kappa shape index (κ1) is 51.0. The number of fused-ring (bicyclic) bond motifs is 6. The van der Waals surface area contributed by atoms with Crippen molar-refractivity contribution < 1.29 is 19.2 Å². The zero-order chi connectivity index (χ0) is 46.2. The number of hydrogen-bond donors (Lipinski definition) is 4. The van der Waals surface area contributed by atoms with Crippen molar-refractivity contribution in [1.82, 2.24) is 40.4 Å². The molecule has 4 N–H and O–H groups in total. The highest BCUT2D eigenvalue weighted by molar-refractivity contribution is 6.30. The van der Waals surface area contributed by atoms with Crippen LogP contribution in [0, 0.1) is 11.8 Å². The van der Waals surface area contributed by atoms with Crippen molar-refractivity contribution in [3.05, 3.63) is 93.5 Å². The third-order valence-electron chi connectivity index (χ3n) is 13.6. The van der Waals surface area contributed by atoms with E-state index in [0.29, 0.717) is 99.2 Å².